The molecular weight excluding hydrogens is 301 g/mol. The number of rotatable bonds is 3. The number of hydrogen-bond acceptors (Lipinski definition) is 3. The van der Waals surface area contributed by atoms with Gasteiger partial charge in [-0.3, -0.25) is 4.98 Å². The monoisotopic (exact) mass is 311 g/mol. The van der Waals surface area contributed by atoms with Crippen LogP contribution in [0.5, 0.6) is 11.5 Å². The molecule has 1 N–H and O–H groups in total. The van der Waals surface area contributed by atoms with Gasteiger partial charge in [-0.05, 0) is 35.0 Å². The van der Waals surface area contributed by atoms with Crippen LogP contribution in [0.3, 0.4) is 0 Å². The first-order valence-electron chi connectivity index (χ1n) is 5.33. The first-order valence-corrected chi connectivity index (χ1v) is 6.12. The molecule has 0 bridgehead atoms. The zero-order valence-corrected chi connectivity index (χ0v) is 11.2. The third-order valence-electron chi connectivity index (χ3n) is 2.35. The zero-order valence-electron chi connectivity index (χ0n) is 9.60. The van der Waals surface area contributed by atoms with Crippen molar-refractivity contribution in [2.24, 2.45) is 0 Å². The maximum atomic E-state index is 13.7. The lowest BCUT2D eigenvalue weighted by molar-refractivity contribution is 0.194. The van der Waals surface area contributed by atoms with Gasteiger partial charge in [0, 0.05) is 16.2 Å². The van der Waals surface area contributed by atoms with Crippen molar-refractivity contribution in [1.82, 2.24) is 4.98 Å². The van der Waals surface area contributed by atoms with Crippen molar-refractivity contribution in [2.75, 3.05) is 0 Å². The topological polar surface area (TPSA) is 42.4 Å². The molecule has 18 heavy (non-hydrogen) atoms. The van der Waals surface area contributed by atoms with Crippen LogP contribution in [0, 0.1) is 5.82 Å². The SMILES string of the molecule is C[C@H](O)c1cccc(F)c1Oc1cncc(Br)c1. The van der Waals surface area contributed by atoms with Gasteiger partial charge in [0.25, 0.3) is 0 Å². The molecule has 0 spiro atoms. The summed E-state index contributed by atoms with van der Waals surface area (Å²) in [6.45, 7) is 1.56. The van der Waals surface area contributed by atoms with Crippen molar-refractivity contribution in [3.05, 3.63) is 52.5 Å². The van der Waals surface area contributed by atoms with Crippen LogP contribution in [0.1, 0.15) is 18.6 Å². The molecule has 1 heterocycles. The summed E-state index contributed by atoms with van der Waals surface area (Å²) in [6, 6.07) is 6.11. The van der Waals surface area contributed by atoms with Crippen LogP contribution < -0.4 is 4.74 Å². The van der Waals surface area contributed by atoms with Crippen LogP contribution in [-0.2, 0) is 0 Å². The lowest BCUT2D eigenvalue weighted by Crippen LogP contribution is -1.98. The second kappa shape index (κ2) is 5.46. The van der Waals surface area contributed by atoms with E-state index >= 15 is 0 Å². The molecule has 94 valence electrons. The van der Waals surface area contributed by atoms with Crippen molar-refractivity contribution < 1.29 is 14.2 Å². The molecule has 0 unspecified atom stereocenters. The number of aromatic nitrogens is 1. The van der Waals surface area contributed by atoms with Gasteiger partial charge in [0.05, 0.1) is 12.3 Å². The normalized spacial score (nSPS) is 12.2. The van der Waals surface area contributed by atoms with E-state index < -0.39 is 11.9 Å². The summed E-state index contributed by atoms with van der Waals surface area (Å²) in [7, 11) is 0. The highest BCUT2D eigenvalue weighted by Gasteiger charge is 2.14. The summed E-state index contributed by atoms with van der Waals surface area (Å²) in [5.41, 5.74) is 0.398. The number of benzene rings is 1. The molecule has 0 amide bonds. The minimum Gasteiger partial charge on any atom is -0.452 e. The van der Waals surface area contributed by atoms with Crippen LogP contribution in [0.15, 0.2) is 41.1 Å². The standard InChI is InChI=1S/C13H11BrFNO2/c1-8(17)11-3-2-4-12(15)13(11)18-10-5-9(14)6-16-7-10/h2-8,17H,1H3/t8-/m0/s1. The highest BCUT2D eigenvalue weighted by atomic mass is 79.9. The van der Waals surface area contributed by atoms with Gasteiger partial charge < -0.3 is 9.84 Å². The average molecular weight is 312 g/mol. The summed E-state index contributed by atoms with van der Waals surface area (Å²) in [6.07, 6.45) is 2.27. The van der Waals surface area contributed by atoms with Crippen molar-refractivity contribution in [1.29, 1.82) is 0 Å². The fourth-order valence-corrected chi connectivity index (χ4v) is 1.87. The molecule has 2 rings (SSSR count). The van der Waals surface area contributed by atoms with Crippen LogP contribution in [0.4, 0.5) is 4.39 Å². The Morgan fingerprint density at radius 3 is 2.83 bits per heavy atom. The van der Waals surface area contributed by atoms with Gasteiger partial charge in [0.15, 0.2) is 11.6 Å². The maximum Gasteiger partial charge on any atom is 0.168 e. The van der Waals surface area contributed by atoms with Gasteiger partial charge in [0.2, 0.25) is 0 Å². The molecule has 0 aliphatic heterocycles. The Bertz CT molecular complexity index is 560. The average Bonchev–Trinajstić information content (AvgIpc) is 2.31. The Morgan fingerprint density at radius 2 is 2.17 bits per heavy atom. The van der Waals surface area contributed by atoms with Crippen LogP contribution in [0.2, 0.25) is 0 Å². The van der Waals surface area contributed by atoms with Crippen molar-refractivity contribution in [2.45, 2.75) is 13.0 Å². The summed E-state index contributed by atoms with van der Waals surface area (Å²) < 4.78 is 19.9. The molecule has 0 aliphatic carbocycles. The maximum absolute atomic E-state index is 13.7. The van der Waals surface area contributed by atoms with Gasteiger partial charge in [0.1, 0.15) is 5.75 Å². The molecule has 0 saturated carbocycles. The van der Waals surface area contributed by atoms with Crippen molar-refractivity contribution in [3.63, 3.8) is 0 Å². The largest absolute Gasteiger partial charge is 0.452 e. The van der Waals surface area contributed by atoms with Gasteiger partial charge >= 0.3 is 0 Å². The van der Waals surface area contributed by atoms with Gasteiger partial charge in [-0.2, -0.15) is 0 Å². The minimum atomic E-state index is -0.809. The number of nitrogens with zero attached hydrogens (tertiary/aromatic N) is 1. The van der Waals surface area contributed by atoms with E-state index in [-0.39, 0.29) is 5.75 Å². The highest BCUT2D eigenvalue weighted by Crippen LogP contribution is 2.32. The molecule has 0 aliphatic rings. The van der Waals surface area contributed by atoms with E-state index in [1.165, 1.54) is 18.3 Å². The molecule has 3 nitrogen and oxygen atoms in total. The molecule has 5 heteroatoms. The summed E-state index contributed by atoms with van der Waals surface area (Å²) in [4.78, 5) is 3.93. The number of hydrogen-bond donors (Lipinski definition) is 1. The summed E-state index contributed by atoms with van der Waals surface area (Å²) in [5, 5.41) is 9.59. The second-order valence-electron chi connectivity index (χ2n) is 3.78. The highest BCUT2D eigenvalue weighted by molar-refractivity contribution is 9.10. The van der Waals surface area contributed by atoms with E-state index in [0.717, 1.165) is 4.47 Å². The number of halogens is 2. The molecule has 1 atom stereocenters. The van der Waals surface area contributed by atoms with E-state index in [9.17, 15) is 9.50 Å². The van der Waals surface area contributed by atoms with E-state index in [1.807, 2.05) is 0 Å². The van der Waals surface area contributed by atoms with Crippen molar-refractivity contribution in [3.8, 4) is 11.5 Å². The summed E-state index contributed by atoms with van der Waals surface area (Å²) in [5.74, 6) is -0.0999. The molecule has 1 aromatic heterocycles. The fraction of sp³-hybridized carbons (Fsp3) is 0.154. The molecule has 0 radical (unpaired) electrons. The number of aliphatic hydroxyl groups excluding tert-OH is 1. The molecule has 2 aromatic rings. The van der Waals surface area contributed by atoms with Gasteiger partial charge in [-0.1, -0.05) is 12.1 Å². The molecule has 0 saturated heterocycles. The fourth-order valence-electron chi connectivity index (χ4n) is 1.53. The quantitative estimate of drug-likeness (QED) is 0.936. The predicted molar refractivity (Wildman–Crippen MR) is 69.0 cm³/mol. The number of pyridine rings is 1. The van der Waals surface area contributed by atoms with E-state index in [1.54, 1.807) is 25.3 Å². The predicted octanol–water partition coefficient (Wildman–Crippen LogP) is 3.83. The van der Waals surface area contributed by atoms with Gasteiger partial charge in [-0.15, -0.1) is 0 Å². The third kappa shape index (κ3) is 2.86. The second-order valence-corrected chi connectivity index (χ2v) is 4.69. The molecule has 1 aromatic carbocycles. The van der Waals surface area contributed by atoms with Gasteiger partial charge in [-0.25, -0.2) is 4.39 Å². The number of para-hydroxylation sites is 1. The van der Waals surface area contributed by atoms with E-state index in [0.29, 0.717) is 11.3 Å². The van der Waals surface area contributed by atoms with Crippen molar-refractivity contribution >= 4 is 15.9 Å². The lowest BCUT2D eigenvalue weighted by atomic mass is 10.1. The Morgan fingerprint density at radius 1 is 1.39 bits per heavy atom. The van der Waals surface area contributed by atoms with Crippen LogP contribution in [-0.4, -0.2) is 10.1 Å². The lowest BCUT2D eigenvalue weighted by Gasteiger charge is -2.13. The number of ether oxygens (including phenoxy) is 1. The van der Waals surface area contributed by atoms with E-state index in [2.05, 4.69) is 20.9 Å². The van der Waals surface area contributed by atoms with E-state index in [4.69, 9.17) is 4.74 Å². The Balaban J connectivity index is 2.39. The molecular formula is C13H11BrFNO2. The smallest absolute Gasteiger partial charge is 0.168 e. The Hall–Kier alpha value is -1.46. The minimum absolute atomic E-state index is 0.0207. The van der Waals surface area contributed by atoms with Crippen LogP contribution >= 0.6 is 15.9 Å². The van der Waals surface area contributed by atoms with Crippen LogP contribution in [0.25, 0.3) is 0 Å². The Kier molecular flexibility index (Phi) is 3.93. The first kappa shape index (κ1) is 13.0. The molecule has 0 fully saturated rings. The Labute approximate surface area is 112 Å². The first-order chi connectivity index (χ1) is 8.58. The number of aliphatic hydroxyl groups is 1. The summed E-state index contributed by atoms with van der Waals surface area (Å²) >= 11 is 3.26. The third-order valence-corrected chi connectivity index (χ3v) is 2.78. The zero-order chi connectivity index (χ0) is 13.1.